The Morgan fingerprint density at radius 1 is 1.07 bits per heavy atom. The zero-order chi connectivity index (χ0) is 30.5. The number of aromatic nitrogens is 1. The summed E-state index contributed by atoms with van der Waals surface area (Å²) in [5.41, 5.74) is 1.84. The van der Waals surface area contributed by atoms with Gasteiger partial charge in [-0.15, -0.1) is 0 Å². The zero-order valence-corrected chi connectivity index (χ0v) is 26.5. The van der Waals surface area contributed by atoms with Crippen LogP contribution in [0, 0.1) is 0 Å². The summed E-state index contributed by atoms with van der Waals surface area (Å²) in [6.45, 7) is 14.6. The van der Waals surface area contributed by atoms with Gasteiger partial charge in [-0.3, -0.25) is 9.59 Å². The van der Waals surface area contributed by atoms with Crippen molar-refractivity contribution in [1.82, 2.24) is 20.5 Å². The predicted molar refractivity (Wildman–Crippen MR) is 169 cm³/mol. The van der Waals surface area contributed by atoms with Gasteiger partial charge in [0.05, 0.1) is 11.6 Å². The first kappa shape index (κ1) is 31.7. The van der Waals surface area contributed by atoms with Gasteiger partial charge in [0.25, 0.3) is 0 Å². The Balaban J connectivity index is 1.34. The van der Waals surface area contributed by atoms with E-state index in [1.807, 2.05) is 12.1 Å². The quantitative estimate of drug-likeness (QED) is 0.203. The SMILES string of the molecule is CC(C)(C)[Si](C)(C)O[C@@H](CNC1CCN(CCC(=O)NCc2ccccc2O)CC1)c1ccc(O)c2[nH]c(=O)ccc12. The highest BCUT2D eigenvalue weighted by atomic mass is 28.4. The molecule has 1 saturated heterocycles. The minimum absolute atomic E-state index is 0.0192. The van der Waals surface area contributed by atoms with Gasteiger partial charge >= 0.3 is 0 Å². The molecule has 3 aromatic rings. The molecule has 0 radical (unpaired) electrons. The molecule has 4 rings (SSSR count). The summed E-state index contributed by atoms with van der Waals surface area (Å²) in [5, 5.41) is 27.8. The van der Waals surface area contributed by atoms with E-state index in [1.165, 1.54) is 6.07 Å². The van der Waals surface area contributed by atoms with Crippen LogP contribution in [0.15, 0.2) is 53.3 Å². The molecule has 1 fully saturated rings. The molecular formula is C32H46N4O5Si. The number of likely N-dealkylation sites (tertiary alicyclic amines) is 1. The van der Waals surface area contributed by atoms with E-state index in [0.717, 1.165) is 36.9 Å². The highest BCUT2D eigenvalue weighted by Crippen LogP contribution is 2.41. The van der Waals surface area contributed by atoms with Crippen LogP contribution < -0.4 is 16.2 Å². The van der Waals surface area contributed by atoms with Crippen LogP contribution in [0.5, 0.6) is 11.5 Å². The van der Waals surface area contributed by atoms with Crippen molar-refractivity contribution in [1.29, 1.82) is 0 Å². The van der Waals surface area contributed by atoms with Gasteiger partial charge in [-0.25, -0.2) is 0 Å². The third-order valence-electron chi connectivity index (χ3n) is 8.80. The average molecular weight is 595 g/mol. The molecule has 1 amide bonds. The van der Waals surface area contributed by atoms with E-state index >= 15 is 0 Å². The number of pyridine rings is 1. The fraction of sp³-hybridized carbons (Fsp3) is 0.500. The van der Waals surface area contributed by atoms with E-state index in [4.69, 9.17) is 4.43 Å². The molecule has 10 heteroatoms. The Morgan fingerprint density at radius 3 is 2.48 bits per heavy atom. The zero-order valence-electron chi connectivity index (χ0n) is 25.5. The molecule has 1 aromatic heterocycles. The molecule has 2 aromatic carbocycles. The first-order valence-corrected chi connectivity index (χ1v) is 17.8. The van der Waals surface area contributed by atoms with Crippen molar-refractivity contribution >= 4 is 25.1 Å². The monoisotopic (exact) mass is 594 g/mol. The molecule has 0 saturated carbocycles. The largest absolute Gasteiger partial charge is 0.508 e. The molecule has 5 N–H and O–H groups in total. The molecule has 42 heavy (non-hydrogen) atoms. The van der Waals surface area contributed by atoms with Gasteiger partial charge in [0, 0.05) is 49.1 Å². The molecular weight excluding hydrogens is 548 g/mol. The number of amides is 1. The Labute approximate surface area is 249 Å². The maximum atomic E-state index is 12.4. The van der Waals surface area contributed by atoms with Gasteiger partial charge in [0.1, 0.15) is 11.5 Å². The molecule has 228 valence electrons. The van der Waals surface area contributed by atoms with Crippen molar-refractivity contribution in [3.8, 4) is 11.5 Å². The molecule has 0 unspecified atom stereocenters. The highest BCUT2D eigenvalue weighted by molar-refractivity contribution is 6.74. The van der Waals surface area contributed by atoms with Gasteiger partial charge in [-0.1, -0.05) is 45.0 Å². The smallest absolute Gasteiger partial charge is 0.248 e. The molecule has 0 spiro atoms. The number of fused-ring (bicyclic) bond motifs is 1. The van der Waals surface area contributed by atoms with Crippen LogP contribution in [-0.2, 0) is 15.8 Å². The average Bonchev–Trinajstić information content (AvgIpc) is 2.94. The molecule has 0 bridgehead atoms. The Hall–Kier alpha value is -3.18. The summed E-state index contributed by atoms with van der Waals surface area (Å²) in [7, 11) is -2.15. The minimum atomic E-state index is -2.15. The number of aromatic amines is 1. The Bertz CT molecular complexity index is 1430. The normalized spacial score (nSPS) is 16.0. The summed E-state index contributed by atoms with van der Waals surface area (Å²) in [6.07, 6.45) is 2.11. The second-order valence-corrected chi connectivity index (χ2v) is 17.6. The van der Waals surface area contributed by atoms with Crippen molar-refractivity contribution in [2.45, 2.75) is 76.9 Å². The number of nitrogens with zero attached hydrogens (tertiary/aromatic N) is 1. The van der Waals surface area contributed by atoms with Crippen LogP contribution >= 0.6 is 0 Å². The van der Waals surface area contributed by atoms with Crippen molar-refractivity contribution in [3.63, 3.8) is 0 Å². The van der Waals surface area contributed by atoms with Crippen LogP contribution in [0.25, 0.3) is 10.9 Å². The summed E-state index contributed by atoms with van der Waals surface area (Å²) in [4.78, 5) is 29.5. The maximum absolute atomic E-state index is 12.4. The van der Waals surface area contributed by atoms with E-state index < -0.39 is 8.32 Å². The third-order valence-corrected chi connectivity index (χ3v) is 13.3. The molecule has 0 aliphatic carbocycles. The summed E-state index contributed by atoms with van der Waals surface area (Å²) >= 11 is 0. The van der Waals surface area contributed by atoms with E-state index in [9.17, 15) is 19.8 Å². The van der Waals surface area contributed by atoms with Gasteiger partial charge in [0.2, 0.25) is 11.5 Å². The second kappa shape index (κ2) is 13.4. The third kappa shape index (κ3) is 8.00. The Morgan fingerprint density at radius 2 is 1.79 bits per heavy atom. The standard InChI is InChI=1S/C32H46N4O5Si/c1-32(2,3)42(4,5)41-28(24-10-12-27(38)31-25(24)11-13-30(40)35-31)21-33-23-14-17-36(18-15-23)19-16-29(39)34-20-22-8-6-7-9-26(22)37/h6-13,23,28,33,37-38H,14-21H2,1-5H3,(H,34,39)(H,35,40)/t28-/m0/s1. The maximum Gasteiger partial charge on any atom is 0.248 e. The van der Waals surface area contributed by atoms with Crippen molar-refractivity contribution in [2.75, 3.05) is 26.2 Å². The van der Waals surface area contributed by atoms with E-state index in [-0.39, 0.29) is 34.1 Å². The number of piperidine rings is 1. The first-order chi connectivity index (χ1) is 19.8. The lowest BCUT2D eigenvalue weighted by atomic mass is 10.0. The molecule has 9 nitrogen and oxygen atoms in total. The lowest BCUT2D eigenvalue weighted by molar-refractivity contribution is -0.121. The van der Waals surface area contributed by atoms with Gasteiger partial charge in [-0.2, -0.15) is 0 Å². The van der Waals surface area contributed by atoms with Crippen molar-refractivity contribution < 1.29 is 19.4 Å². The molecule has 1 atom stereocenters. The number of H-pyrrole nitrogens is 1. The van der Waals surface area contributed by atoms with Crippen molar-refractivity contribution in [3.05, 3.63) is 70.0 Å². The minimum Gasteiger partial charge on any atom is -0.508 e. The predicted octanol–water partition coefficient (Wildman–Crippen LogP) is 4.76. The van der Waals surface area contributed by atoms with Crippen LogP contribution in [0.4, 0.5) is 0 Å². The number of rotatable bonds is 11. The first-order valence-electron chi connectivity index (χ1n) is 14.9. The van der Waals surface area contributed by atoms with Crippen LogP contribution in [-0.4, -0.2) is 66.5 Å². The number of phenolic OH excluding ortho intramolecular Hbond substituents is 2. The fourth-order valence-electron chi connectivity index (χ4n) is 5.12. The van der Waals surface area contributed by atoms with Crippen LogP contribution in [0.2, 0.25) is 18.1 Å². The molecule has 1 aliphatic rings. The number of hydrogen-bond donors (Lipinski definition) is 5. The van der Waals surface area contributed by atoms with E-state index in [2.05, 4.69) is 54.4 Å². The van der Waals surface area contributed by atoms with E-state index in [0.29, 0.717) is 43.2 Å². The summed E-state index contributed by atoms with van der Waals surface area (Å²) in [5.74, 6) is 0.217. The number of benzene rings is 2. The summed E-state index contributed by atoms with van der Waals surface area (Å²) in [6, 6.07) is 14.2. The number of aromatic hydroxyl groups is 2. The summed E-state index contributed by atoms with van der Waals surface area (Å²) < 4.78 is 6.94. The number of nitrogens with one attached hydrogen (secondary N) is 3. The number of carbonyl (C=O) groups is 1. The Kier molecular flexibility index (Phi) is 10.1. The lowest BCUT2D eigenvalue weighted by Crippen LogP contribution is -2.47. The topological polar surface area (TPSA) is 127 Å². The number of hydrogen-bond acceptors (Lipinski definition) is 7. The number of carbonyl (C=O) groups excluding carboxylic acids is 1. The van der Waals surface area contributed by atoms with Crippen LogP contribution in [0.1, 0.15) is 57.3 Å². The number of phenols is 2. The van der Waals surface area contributed by atoms with Gasteiger partial charge in [0.15, 0.2) is 8.32 Å². The fourth-order valence-corrected chi connectivity index (χ4v) is 6.40. The van der Waals surface area contributed by atoms with E-state index in [1.54, 1.807) is 30.3 Å². The number of para-hydroxylation sites is 1. The van der Waals surface area contributed by atoms with Crippen molar-refractivity contribution in [2.24, 2.45) is 0 Å². The molecule has 2 heterocycles. The van der Waals surface area contributed by atoms with Gasteiger partial charge in [-0.05, 0) is 67.8 Å². The van der Waals surface area contributed by atoms with Gasteiger partial charge < -0.3 is 35.2 Å². The molecule has 1 aliphatic heterocycles. The second-order valence-electron chi connectivity index (χ2n) is 12.8. The van der Waals surface area contributed by atoms with Crippen LogP contribution in [0.3, 0.4) is 0 Å². The highest BCUT2D eigenvalue weighted by Gasteiger charge is 2.40. The lowest BCUT2D eigenvalue weighted by Gasteiger charge is -2.40.